The third-order valence-electron chi connectivity index (χ3n) is 4.12. The van der Waals surface area contributed by atoms with E-state index in [0.717, 1.165) is 38.0 Å². The van der Waals surface area contributed by atoms with Gasteiger partial charge >= 0.3 is 0 Å². The van der Waals surface area contributed by atoms with Gasteiger partial charge in [0.25, 0.3) is 0 Å². The predicted octanol–water partition coefficient (Wildman–Crippen LogP) is 2.51. The number of rotatable bonds is 7. The Morgan fingerprint density at radius 1 is 1.39 bits per heavy atom. The summed E-state index contributed by atoms with van der Waals surface area (Å²) in [7, 11) is 0. The van der Waals surface area contributed by atoms with E-state index >= 15 is 0 Å². The van der Waals surface area contributed by atoms with Gasteiger partial charge in [0.15, 0.2) is 0 Å². The van der Waals surface area contributed by atoms with Crippen molar-refractivity contribution in [3.63, 3.8) is 0 Å². The van der Waals surface area contributed by atoms with Crippen LogP contribution in [0.2, 0.25) is 0 Å². The van der Waals surface area contributed by atoms with Gasteiger partial charge in [-0.1, -0.05) is 24.3 Å². The molecule has 5 nitrogen and oxygen atoms in total. The zero-order chi connectivity index (χ0) is 15.9. The normalized spacial score (nSPS) is 17.3. The molecular weight excluding hydrogens is 290 g/mol. The highest BCUT2D eigenvalue weighted by atomic mass is 16.5. The Hall–Kier alpha value is -2.14. The van der Waals surface area contributed by atoms with E-state index in [1.54, 1.807) is 12.5 Å². The van der Waals surface area contributed by atoms with Crippen LogP contribution < -0.4 is 5.32 Å². The summed E-state index contributed by atoms with van der Waals surface area (Å²) in [5.74, 6) is 0.0977. The van der Waals surface area contributed by atoms with Crippen LogP contribution in [0.15, 0.2) is 43.0 Å². The summed E-state index contributed by atoms with van der Waals surface area (Å²) in [6, 6.07) is 8.28. The number of aromatic nitrogens is 2. The first-order valence-corrected chi connectivity index (χ1v) is 8.21. The molecule has 1 fully saturated rings. The highest BCUT2D eigenvalue weighted by molar-refractivity contribution is 5.75. The van der Waals surface area contributed by atoms with Crippen LogP contribution in [-0.2, 0) is 22.6 Å². The summed E-state index contributed by atoms with van der Waals surface area (Å²) >= 11 is 0. The fourth-order valence-electron chi connectivity index (χ4n) is 2.88. The second-order valence-electron chi connectivity index (χ2n) is 6.01. The van der Waals surface area contributed by atoms with E-state index in [1.807, 2.05) is 22.9 Å². The van der Waals surface area contributed by atoms with Gasteiger partial charge in [0.1, 0.15) is 0 Å². The van der Waals surface area contributed by atoms with E-state index < -0.39 is 0 Å². The van der Waals surface area contributed by atoms with Crippen molar-refractivity contribution in [3.8, 4) is 0 Å². The molecular formula is C18H23N3O2. The smallest absolute Gasteiger partial charge is 0.220 e. The zero-order valence-corrected chi connectivity index (χ0v) is 13.3. The maximum Gasteiger partial charge on any atom is 0.220 e. The van der Waals surface area contributed by atoms with E-state index in [2.05, 4.69) is 22.4 Å². The average molecular weight is 313 g/mol. The Morgan fingerprint density at radius 3 is 3.09 bits per heavy atom. The Labute approximate surface area is 136 Å². The number of hydrogen-bond acceptors (Lipinski definition) is 3. The second-order valence-corrected chi connectivity index (χ2v) is 6.01. The molecule has 0 spiro atoms. The lowest BCUT2D eigenvalue weighted by Gasteiger charge is -2.10. The van der Waals surface area contributed by atoms with Crippen LogP contribution in [0, 0.1) is 0 Å². The van der Waals surface area contributed by atoms with Crippen molar-refractivity contribution in [2.24, 2.45) is 0 Å². The lowest BCUT2D eigenvalue weighted by Crippen LogP contribution is -2.24. The minimum Gasteiger partial charge on any atom is -0.378 e. The Balaban J connectivity index is 1.44. The fourth-order valence-corrected chi connectivity index (χ4v) is 2.88. The molecule has 2 aromatic rings. The summed E-state index contributed by atoms with van der Waals surface area (Å²) in [6.45, 7) is 2.21. The second kappa shape index (κ2) is 7.92. The molecule has 2 heterocycles. The number of ether oxygens (including phenoxy) is 1. The van der Waals surface area contributed by atoms with Gasteiger partial charge in [0.2, 0.25) is 5.91 Å². The number of amides is 1. The van der Waals surface area contributed by atoms with Crippen LogP contribution in [0.1, 0.15) is 36.8 Å². The van der Waals surface area contributed by atoms with E-state index in [-0.39, 0.29) is 12.0 Å². The first-order valence-electron chi connectivity index (χ1n) is 8.21. The van der Waals surface area contributed by atoms with Crippen molar-refractivity contribution >= 4 is 5.91 Å². The van der Waals surface area contributed by atoms with Crippen molar-refractivity contribution < 1.29 is 9.53 Å². The van der Waals surface area contributed by atoms with E-state index in [1.165, 1.54) is 5.56 Å². The lowest BCUT2D eigenvalue weighted by molar-refractivity contribution is -0.121. The SMILES string of the molecule is O=C(CC[C@@H]1CCCO1)NCc1cccc(Cn2ccnc2)c1. The highest BCUT2D eigenvalue weighted by Gasteiger charge is 2.16. The lowest BCUT2D eigenvalue weighted by atomic mass is 10.1. The summed E-state index contributed by atoms with van der Waals surface area (Å²) in [4.78, 5) is 16.0. The van der Waals surface area contributed by atoms with Gasteiger partial charge in [-0.2, -0.15) is 0 Å². The van der Waals surface area contributed by atoms with E-state index in [9.17, 15) is 4.79 Å². The monoisotopic (exact) mass is 313 g/mol. The molecule has 1 atom stereocenters. The molecule has 1 saturated heterocycles. The third-order valence-corrected chi connectivity index (χ3v) is 4.12. The molecule has 5 heteroatoms. The molecule has 1 aliphatic heterocycles. The largest absolute Gasteiger partial charge is 0.378 e. The van der Waals surface area contributed by atoms with Crippen molar-refractivity contribution in [3.05, 3.63) is 54.1 Å². The Bertz CT molecular complexity index is 619. The fraction of sp³-hybridized carbons (Fsp3) is 0.444. The van der Waals surface area contributed by atoms with Gasteiger partial charge in [0.05, 0.1) is 12.4 Å². The summed E-state index contributed by atoms with van der Waals surface area (Å²) < 4.78 is 7.57. The van der Waals surface area contributed by atoms with Gasteiger partial charge in [-0.15, -0.1) is 0 Å². The number of benzene rings is 1. The minimum atomic E-state index is 0.0977. The number of carbonyl (C=O) groups is 1. The molecule has 3 rings (SSSR count). The van der Waals surface area contributed by atoms with Gasteiger partial charge in [-0.3, -0.25) is 4.79 Å². The van der Waals surface area contributed by atoms with Crippen LogP contribution in [0.3, 0.4) is 0 Å². The average Bonchev–Trinajstić information content (AvgIpc) is 3.25. The van der Waals surface area contributed by atoms with Crippen LogP contribution in [-0.4, -0.2) is 28.2 Å². The first kappa shape index (κ1) is 15.7. The molecule has 1 N–H and O–H groups in total. The number of nitrogens with one attached hydrogen (secondary N) is 1. The molecule has 1 aliphatic rings. The molecule has 0 radical (unpaired) electrons. The Morgan fingerprint density at radius 2 is 2.30 bits per heavy atom. The van der Waals surface area contributed by atoms with Crippen LogP contribution in [0.4, 0.5) is 0 Å². The van der Waals surface area contributed by atoms with Crippen LogP contribution in [0.25, 0.3) is 0 Å². The van der Waals surface area contributed by atoms with Crippen molar-refractivity contribution in [1.82, 2.24) is 14.9 Å². The predicted molar refractivity (Wildman–Crippen MR) is 87.8 cm³/mol. The number of carbonyl (C=O) groups excluding carboxylic acids is 1. The first-order chi connectivity index (χ1) is 11.3. The maximum atomic E-state index is 11.9. The quantitative estimate of drug-likeness (QED) is 0.854. The standard InChI is InChI=1S/C18H23N3O2/c22-18(7-6-17-5-2-10-23-17)20-12-15-3-1-4-16(11-15)13-21-9-8-19-14-21/h1,3-4,8-9,11,14,17H,2,5-7,10,12-13H2,(H,20,22)/t17-/m0/s1. The molecule has 1 aromatic carbocycles. The van der Waals surface area contributed by atoms with Crippen LogP contribution in [0.5, 0.6) is 0 Å². The molecule has 0 saturated carbocycles. The van der Waals surface area contributed by atoms with Gasteiger partial charge in [0, 0.05) is 38.5 Å². The van der Waals surface area contributed by atoms with Crippen molar-refractivity contribution in [2.75, 3.05) is 6.61 Å². The summed E-state index contributed by atoms with van der Waals surface area (Å²) in [5.41, 5.74) is 2.32. The van der Waals surface area contributed by atoms with Crippen LogP contribution >= 0.6 is 0 Å². The number of imidazole rings is 1. The molecule has 23 heavy (non-hydrogen) atoms. The van der Waals surface area contributed by atoms with Gasteiger partial charge < -0.3 is 14.6 Å². The molecule has 0 bridgehead atoms. The highest BCUT2D eigenvalue weighted by Crippen LogP contribution is 2.16. The molecule has 122 valence electrons. The van der Waals surface area contributed by atoms with E-state index in [4.69, 9.17) is 4.74 Å². The van der Waals surface area contributed by atoms with Gasteiger partial charge in [-0.25, -0.2) is 4.98 Å². The topological polar surface area (TPSA) is 56.1 Å². The molecule has 1 aromatic heterocycles. The van der Waals surface area contributed by atoms with Gasteiger partial charge in [-0.05, 0) is 30.4 Å². The zero-order valence-electron chi connectivity index (χ0n) is 13.3. The Kier molecular flexibility index (Phi) is 5.42. The number of nitrogens with zero attached hydrogens (tertiary/aromatic N) is 2. The third kappa shape index (κ3) is 4.93. The summed E-state index contributed by atoms with van der Waals surface area (Å²) in [6.07, 6.45) is 9.38. The maximum absolute atomic E-state index is 11.9. The number of hydrogen-bond donors (Lipinski definition) is 1. The summed E-state index contributed by atoms with van der Waals surface area (Å²) in [5, 5.41) is 3.00. The molecule has 0 unspecified atom stereocenters. The molecule has 1 amide bonds. The molecule has 0 aliphatic carbocycles. The van der Waals surface area contributed by atoms with Crippen molar-refractivity contribution in [2.45, 2.75) is 44.9 Å². The minimum absolute atomic E-state index is 0.0977. The van der Waals surface area contributed by atoms with Crippen molar-refractivity contribution in [1.29, 1.82) is 0 Å². The van der Waals surface area contributed by atoms with E-state index in [0.29, 0.717) is 13.0 Å².